The first kappa shape index (κ1) is 21.5. The van der Waals surface area contributed by atoms with Gasteiger partial charge in [-0.05, 0) is 30.9 Å². The van der Waals surface area contributed by atoms with Gasteiger partial charge in [-0.3, -0.25) is 9.89 Å². The third-order valence-corrected chi connectivity index (χ3v) is 5.49. The van der Waals surface area contributed by atoms with E-state index in [2.05, 4.69) is 25.5 Å². The van der Waals surface area contributed by atoms with Gasteiger partial charge in [0.2, 0.25) is 0 Å². The monoisotopic (exact) mass is 447 g/mol. The summed E-state index contributed by atoms with van der Waals surface area (Å²) in [6.07, 6.45) is 3.08. The van der Waals surface area contributed by atoms with Crippen LogP contribution >= 0.6 is 0 Å². The molecular formula is C20H20F3N7O2. The molecule has 12 heteroatoms. The molecule has 1 atom stereocenters. The molecule has 0 saturated heterocycles. The number of urea groups is 1. The fourth-order valence-electron chi connectivity index (χ4n) is 3.62. The Hall–Kier alpha value is -3.70. The van der Waals surface area contributed by atoms with Gasteiger partial charge in [0, 0.05) is 26.3 Å². The Labute approximate surface area is 180 Å². The number of fused-ring (bicyclic) bond motifs is 1. The highest BCUT2D eigenvalue weighted by Crippen LogP contribution is 2.30. The maximum Gasteiger partial charge on any atom is 0.417 e. The van der Waals surface area contributed by atoms with Gasteiger partial charge >= 0.3 is 12.2 Å². The summed E-state index contributed by atoms with van der Waals surface area (Å²) in [6, 6.07) is -0.181. The molecule has 3 aromatic heterocycles. The summed E-state index contributed by atoms with van der Waals surface area (Å²) in [6.45, 7) is 0. The standard InChI is InChI=1S/C20H20F3N7O2/c1-29-10-12(20(21,22)23)7-14(18(29)31)27-19(32)30(2)13-5-3-11(4-6-13)15-8-24-17-16(26-15)9-25-28-17/h3,7-10,13H,4-6H2,1-2H3,(H,27,32)(H,24,25,28)/t13-/m0/s1. The van der Waals surface area contributed by atoms with Crippen LogP contribution < -0.4 is 10.9 Å². The van der Waals surface area contributed by atoms with Gasteiger partial charge < -0.3 is 14.8 Å². The average molecular weight is 447 g/mol. The number of alkyl halides is 3. The van der Waals surface area contributed by atoms with Crippen LogP contribution in [0.2, 0.25) is 0 Å². The Morgan fingerprint density at radius 1 is 1.34 bits per heavy atom. The molecule has 1 aliphatic rings. The van der Waals surface area contributed by atoms with Crippen LogP contribution in [0.15, 0.2) is 35.5 Å². The Morgan fingerprint density at radius 3 is 2.81 bits per heavy atom. The van der Waals surface area contributed by atoms with Crippen molar-refractivity contribution in [1.29, 1.82) is 0 Å². The molecule has 0 fully saturated rings. The minimum atomic E-state index is -4.64. The van der Waals surface area contributed by atoms with E-state index >= 15 is 0 Å². The van der Waals surface area contributed by atoms with E-state index in [1.54, 1.807) is 19.4 Å². The van der Waals surface area contributed by atoms with Crippen LogP contribution in [0.25, 0.3) is 16.7 Å². The Kier molecular flexibility index (Phi) is 5.45. The second kappa shape index (κ2) is 8.09. The molecule has 2 N–H and O–H groups in total. The average Bonchev–Trinajstić information content (AvgIpc) is 3.23. The van der Waals surface area contributed by atoms with Crippen molar-refractivity contribution in [1.82, 2.24) is 29.6 Å². The Morgan fingerprint density at radius 2 is 2.12 bits per heavy atom. The van der Waals surface area contributed by atoms with Crippen molar-refractivity contribution in [2.75, 3.05) is 12.4 Å². The molecule has 0 aromatic carbocycles. The zero-order chi connectivity index (χ0) is 23.0. The molecule has 0 aliphatic heterocycles. The van der Waals surface area contributed by atoms with Gasteiger partial charge in [-0.15, -0.1) is 0 Å². The van der Waals surface area contributed by atoms with Crippen molar-refractivity contribution >= 4 is 28.5 Å². The number of carbonyl (C=O) groups is 1. The second-order valence-corrected chi connectivity index (χ2v) is 7.61. The molecule has 0 spiro atoms. The summed E-state index contributed by atoms with van der Waals surface area (Å²) in [5.41, 5.74) is 0.825. The largest absolute Gasteiger partial charge is 0.417 e. The second-order valence-electron chi connectivity index (χ2n) is 7.61. The number of rotatable bonds is 3. The van der Waals surface area contributed by atoms with Crippen molar-refractivity contribution in [3.8, 4) is 0 Å². The summed E-state index contributed by atoms with van der Waals surface area (Å²) >= 11 is 0. The van der Waals surface area contributed by atoms with E-state index in [0.717, 1.165) is 15.8 Å². The van der Waals surface area contributed by atoms with E-state index < -0.39 is 29.0 Å². The van der Waals surface area contributed by atoms with E-state index in [9.17, 15) is 22.8 Å². The highest BCUT2D eigenvalue weighted by molar-refractivity contribution is 5.89. The number of aromatic amines is 1. The number of hydrogen-bond acceptors (Lipinski definition) is 5. The molecule has 3 heterocycles. The Bertz CT molecular complexity index is 1260. The van der Waals surface area contributed by atoms with Crippen LogP contribution in [0.3, 0.4) is 0 Å². The fraction of sp³-hybridized carbons (Fsp3) is 0.350. The van der Waals surface area contributed by atoms with Gasteiger partial charge in [0.15, 0.2) is 5.65 Å². The van der Waals surface area contributed by atoms with Gasteiger partial charge in [-0.1, -0.05) is 6.08 Å². The number of carbonyl (C=O) groups excluding carboxylic acids is 1. The molecule has 1 aliphatic carbocycles. The highest BCUT2D eigenvalue weighted by Gasteiger charge is 2.32. The maximum absolute atomic E-state index is 13.1. The van der Waals surface area contributed by atoms with E-state index in [1.807, 2.05) is 6.08 Å². The minimum absolute atomic E-state index is 0.181. The van der Waals surface area contributed by atoms with Crippen molar-refractivity contribution < 1.29 is 18.0 Å². The number of aromatic nitrogens is 5. The first-order valence-electron chi connectivity index (χ1n) is 9.80. The number of H-pyrrole nitrogens is 1. The van der Waals surface area contributed by atoms with Crippen LogP contribution in [-0.4, -0.2) is 48.8 Å². The minimum Gasteiger partial charge on any atom is -0.324 e. The zero-order valence-electron chi connectivity index (χ0n) is 17.3. The van der Waals surface area contributed by atoms with Crippen LogP contribution in [0, 0.1) is 0 Å². The number of hydrogen-bond donors (Lipinski definition) is 2. The lowest BCUT2D eigenvalue weighted by Gasteiger charge is -2.30. The SMILES string of the molecule is CN(C(=O)Nc1cc(C(F)(F)F)cn(C)c1=O)[C@H]1CC=C(c2cnc3[nH]ncc3n2)CC1. The fourth-order valence-corrected chi connectivity index (χ4v) is 3.62. The summed E-state index contributed by atoms with van der Waals surface area (Å²) in [7, 11) is 2.75. The van der Waals surface area contributed by atoms with Crippen molar-refractivity contribution in [2.24, 2.45) is 7.05 Å². The van der Waals surface area contributed by atoms with Gasteiger partial charge in [-0.25, -0.2) is 14.8 Å². The Balaban J connectivity index is 1.46. The van der Waals surface area contributed by atoms with Crippen molar-refractivity contribution in [3.05, 3.63) is 52.3 Å². The van der Waals surface area contributed by atoms with Gasteiger partial charge in [0.25, 0.3) is 5.56 Å². The number of aryl methyl sites for hydroxylation is 1. The van der Waals surface area contributed by atoms with E-state index in [4.69, 9.17) is 0 Å². The van der Waals surface area contributed by atoms with Crippen molar-refractivity contribution in [3.63, 3.8) is 0 Å². The molecule has 168 valence electrons. The molecule has 2 amide bonds. The van der Waals surface area contributed by atoms with Gasteiger partial charge in [-0.2, -0.15) is 18.3 Å². The molecule has 0 unspecified atom stereocenters. The van der Waals surface area contributed by atoms with E-state index in [1.165, 1.54) is 11.9 Å². The first-order valence-corrected chi connectivity index (χ1v) is 9.80. The van der Waals surface area contributed by atoms with Crippen LogP contribution in [0.5, 0.6) is 0 Å². The summed E-state index contributed by atoms with van der Waals surface area (Å²) in [5, 5.41) is 8.96. The lowest BCUT2D eigenvalue weighted by atomic mass is 9.93. The van der Waals surface area contributed by atoms with Crippen LogP contribution in [0.1, 0.15) is 30.5 Å². The number of nitrogens with one attached hydrogen (secondary N) is 2. The molecule has 0 saturated carbocycles. The predicted octanol–water partition coefficient (Wildman–Crippen LogP) is 3.17. The molecule has 3 aromatic rings. The third kappa shape index (κ3) is 4.20. The topological polar surface area (TPSA) is 109 Å². The molecule has 32 heavy (non-hydrogen) atoms. The van der Waals surface area contributed by atoms with E-state index in [-0.39, 0.29) is 6.04 Å². The van der Waals surface area contributed by atoms with Crippen LogP contribution in [-0.2, 0) is 13.2 Å². The summed E-state index contributed by atoms with van der Waals surface area (Å²) < 4.78 is 40.0. The lowest BCUT2D eigenvalue weighted by Crippen LogP contribution is -2.41. The summed E-state index contributed by atoms with van der Waals surface area (Å²) in [5.74, 6) is 0. The smallest absolute Gasteiger partial charge is 0.324 e. The van der Waals surface area contributed by atoms with Gasteiger partial charge in [0.05, 0.1) is 23.7 Å². The highest BCUT2D eigenvalue weighted by atomic mass is 19.4. The number of pyridine rings is 1. The molecule has 4 rings (SSSR count). The number of nitrogens with zero attached hydrogens (tertiary/aromatic N) is 5. The third-order valence-electron chi connectivity index (χ3n) is 5.49. The lowest BCUT2D eigenvalue weighted by molar-refractivity contribution is -0.138. The summed E-state index contributed by atoms with van der Waals surface area (Å²) in [4.78, 5) is 35.0. The molecule has 0 bridgehead atoms. The number of allylic oxidation sites excluding steroid dienone is 1. The number of halogens is 3. The number of amides is 2. The van der Waals surface area contributed by atoms with Crippen molar-refractivity contribution in [2.45, 2.75) is 31.5 Å². The molecular weight excluding hydrogens is 427 g/mol. The van der Waals surface area contributed by atoms with Gasteiger partial charge in [0.1, 0.15) is 11.2 Å². The maximum atomic E-state index is 13.1. The zero-order valence-corrected chi connectivity index (χ0v) is 17.3. The van der Waals surface area contributed by atoms with Crippen LogP contribution in [0.4, 0.5) is 23.7 Å². The molecule has 0 radical (unpaired) electrons. The normalized spacial score (nSPS) is 16.7. The quantitative estimate of drug-likeness (QED) is 0.641. The number of anilines is 1. The first-order chi connectivity index (χ1) is 15.1. The van der Waals surface area contributed by atoms with E-state index in [0.29, 0.717) is 42.7 Å². The molecule has 9 nitrogen and oxygen atoms in total. The predicted molar refractivity (Wildman–Crippen MR) is 111 cm³/mol.